The van der Waals surface area contributed by atoms with E-state index in [1.165, 1.54) is 6.07 Å². The van der Waals surface area contributed by atoms with Crippen molar-refractivity contribution in [3.05, 3.63) is 23.5 Å². The van der Waals surface area contributed by atoms with Crippen molar-refractivity contribution < 1.29 is 9.13 Å². The second-order valence-electron chi connectivity index (χ2n) is 4.71. The Kier molecular flexibility index (Phi) is 2.72. The first kappa shape index (κ1) is 10.9. The van der Waals surface area contributed by atoms with Crippen molar-refractivity contribution in [1.29, 1.82) is 0 Å². The van der Waals surface area contributed by atoms with E-state index in [-0.39, 0.29) is 11.4 Å². The molecule has 1 aliphatic rings. The Morgan fingerprint density at radius 1 is 1.40 bits per heavy atom. The van der Waals surface area contributed by atoms with Gasteiger partial charge in [-0.1, -0.05) is 0 Å². The summed E-state index contributed by atoms with van der Waals surface area (Å²) >= 11 is 0. The van der Waals surface area contributed by atoms with Crippen LogP contribution in [-0.4, -0.2) is 5.60 Å². The van der Waals surface area contributed by atoms with Crippen LogP contribution in [0.3, 0.4) is 0 Å². The lowest BCUT2D eigenvalue weighted by Crippen LogP contribution is -2.27. The molecule has 0 saturated carbocycles. The molecule has 82 valence electrons. The lowest BCUT2D eigenvalue weighted by Gasteiger charge is -2.24. The Labute approximate surface area is 92.2 Å². The summed E-state index contributed by atoms with van der Waals surface area (Å²) in [5.74, 6) is 0.205. The van der Waals surface area contributed by atoms with E-state index in [2.05, 4.69) is 9.24 Å². The van der Waals surface area contributed by atoms with Crippen molar-refractivity contribution in [2.45, 2.75) is 38.7 Å². The van der Waals surface area contributed by atoms with Crippen LogP contribution in [0, 0.1) is 5.82 Å². The molecule has 0 saturated heterocycles. The summed E-state index contributed by atoms with van der Waals surface area (Å²) in [6.07, 6.45) is 2.92. The van der Waals surface area contributed by atoms with Crippen LogP contribution in [0.25, 0.3) is 0 Å². The third kappa shape index (κ3) is 2.31. The lowest BCUT2D eigenvalue weighted by molar-refractivity contribution is 0.0980. The highest BCUT2D eigenvalue weighted by Gasteiger charge is 2.26. The second-order valence-corrected chi connectivity index (χ2v) is 5.37. The molecule has 1 heterocycles. The molecule has 1 aromatic carbocycles. The van der Waals surface area contributed by atoms with Crippen LogP contribution in [0.15, 0.2) is 12.1 Å². The maximum atomic E-state index is 13.7. The maximum absolute atomic E-state index is 13.7. The van der Waals surface area contributed by atoms with Crippen molar-refractivity contribution in [2.75, 3.05) is 0 Å². The minimum atomic E-state index is -0.255. The van der Waals surface area contributed by atoms with Crippen LogP contribution < -0.4 is 10.0 Å². The van der Waals surface area contributed by atoms with Crippen molar-refractivity contribution >= 4 is 14.5 Å². The van der Waals surface area contributed by atoms with E-state index in [9.17, 15) is 4.39 Å². The third-order valence-electron chi connectivity index (χ3n) is 2.75. The number of fused-ring (bicyclic) bond motifs is 1. The fourth-order valence-corrected chi connectivity index (χ4v) is 2.35. The zero-order chi connectivity index (χ0) is 11.1. The van der Waals surface area contributed by atoms with Crippen molar-refractivity contribution in [3.63, 3.8) is 0 Å². The highest BCUT2D eigenvalue weighted by Crippen LogP contribution is 2.33. The first-order valence-corrected chi connectivity index (χ1v) is 5.83. The predicted octanol–water partition coefficient (Wildman–Crippen LogP) is 2.82. The zero-order valence-electron chi connectivity index (χ0n) is 9.14. The molecule has 1 aromatic rings. The molecule has 0 N–H and O–H groups in total. The zero-order valence-corrected chi connectivity index (χ0v) is 10.3. The Morgan fingerprint density at radius 2 is 2.13 bits per heavy atom. The van der Waals surface area contributed by atoms with Gasteiger partial charge >= 0.3 is 0 Å². The Balaban J connectivity index is 2.47. The molecule has 1 unspecified atom stereocenters. The molecule has 1 atom stereocenters. The summed E-state index contributed by atoms with van der Waals surface area (Å²) in [6, 6.07) is 3.50. The number of ether oxygens (including phenoxy) is 1. The monoisotopic (exact) mass is 226 g/mol. The molecule has 15 heavy (non-hydrogen) atoms. The SMILES string of the molecule is CC1(C)CCCc2cc(P)cc(F)c2O1. The first-order chi connectivity index (χ1) is 6.98. The van der Waals surface area contributed by atoms with E-state index in [0.717, 1.165) is 30.1 Å². The lowest BCUT2D eigenvalue weighted by atomic mass is 10.0. The first-order valence-electron chi connectivity index (χ1n) is 5.25. The van der Waals surface area contributed by atoms with Crippen molar-refractivity contribution in [3.8, 4) is 5.75 Å². The van der Waals surface area contributed by atoms with E-state index in [1.54, 1.807) is 0 Å². The summed E-state index contributed by atoms with van der Waals surface area (Å²) in [5.41, 5.74) is 0.736. The highest BCUT2D eigenvalue weighted by molar-refractivity contribution is 7.27. The fraction of sp³-hybridized carbons (Fsp3) is 0.500. The summed E-state index contributed by atoms with van der Waals surface area (Å²) < 4.78 is 19.5. The van der Waals surface area contributed by atoms with Gasteiger partial charge in [0.05, 0.1) is 0 Å². The van der Waals surface area contributed by atoms with Gasteiger partial charge in [-0.15, -0.1) is 9.24 Å². The number of aryl methyl sites for hydroxylation is 1. The van der Waals surface area contributed by atoms with Crippen molar-refractivity contribution in [2.24, 2.45) is 0 Å². The Bertz CT molecular complexity index is 387. The van der Waals surface area contributed by atoms with Gasteiger partial charge in [0.1, 0.15) is 5.60 Å². The van der Waals surface area contributed by atoms with E-state index in [4.69, 9.17) is 4.74 Å². The normalized spacial score (nSPS) is 18.9. The van der Waals surface area contributed by atoms with Crippen LogP contribution in [0.1, 0.15) is 32.3 Å². The molecule has 0 fully saturated rings. The minimum absolute atomic E-state index is 0.243. The molecule has 0 spiro atoms. The van der Waals surface area contributed by atoms with Crippen LogP contribution in [0.5, 0.6) is 5.75 Å². The number of halogens is 1. The molecule has 0 amide bonds. The molecule has 0 aromatic heterocycles. The quantitative estimate of drug-likeness (QED) is 0.618. The number of hydrogen-bond donors (Lipinski definition) is 0. The van der Waals surface area contributed by atoms with E-state index in [0.29, 0.717) is 5.75 Å². The number of rotatable bonds is 0. The predicted molar refractivity (Wildman–Crippen MR) is 63.4 cm³/mol. The molecule has 0 aliphatic carbocycles. The Morgan fingerprint density at radius 3 is 2.87 bits per heavy atom. The smallest absolute Gasteiger partial charge is 0.166 e. The molecular weight excluding hydrogens is 210 g/mol. The fourth-order valence-electron chi connectivity index (χ4n) is 2.01. The van der Waals surface area contributed by atoms with E-state index < -0.39 is 0 Å². The molecule has 3 heteroatoms. The molecule has 1 nitrogen and oxygen atoms in total. The number of hydrogen-bond acceptors (Lipinski definition) is 1. The van der Waals surface area contributed by atoms with Crippen molar-refractivity contribution in [1.82, 2.24) is 0 Å². The van der Waals surface area contributed by atoms with Gasteiger partial charge in [0, 0.05) is 0 Å². The van der Waals surface area contributed by atoms with Gasteiger partial charge in [-0.05, 0) is 56.1 Å². The summed E-state index contributed by atoms with van der Waals surface area (Å²) in [7, 11) is 2.53. The second kappa shape index (κ2) is 3.75. The maximum Gasteiger partial charge on any atom is 0.166 e. The molecular formula is C12H16FOP. The average molecular weight is 226 g/mol. The van der Waals surface area contributed by atoms with Gasteiger partial charge in [0.15, 0.2) is 11.6 Å². The third-order valence-corrected chi connectivity index (χ3v) is 3.08. The number of benzene rings is 1. The standard InChI is InChI=1S/C12H16FOP/c1-12(2)5-3-4-8-6-9(15)7-10(13)11(8)14-12/h6-7H,3-5,15H2,1-2H3. The Hall–Kier alpha value is -0.620. The topological polar surface area (TPSA) is 9.23 Å². The average Bonchev–Trinajstić information content (AvgIpc) is 2.23. The molecule has 0 bridgehead atoms. The summed E-state index contributed by atoms with van der Waals surface area (Å²) in [5, 5.41) is 0.884. The van der Waals surface area contributed by atoms with Crippen LogP contribution in [-0.2, 0) is 6.42 Å². The van der Waals surface area contributed by atoms with E-state index in [1.807, 2.05) is 19.9 Å². The molecule has 2 rings (SSSR count). The largest absolute Gasteiger partial charge is 0.485 e. The molecule has 0 radical (unpaired) electrons. The summed E-state index contributed by atoms with van der Waals surface area (Å²) in [4.78, 5) is 0. The minimum Gasteiger partial charge on any atom is -0.485 e. The highest BCUT2D eigenvalue weighted by atomic mass is 31.0. The summed E-state index contributed by atoms with van der Waals surface area (Å²) in [6.45, 7) is 4.02. The van der Waals surface area contributed by atoms with Gasteiger partial charge in [-0.3, -0.25) is 0 Å². The van der Waals surface area contributed by atoms with Crippen LogP contribution >= 0.6 is 9.24 Å². The van der Waals surface area contributed by atoms with Gasteiger partial charge in [0.25, 0.3) is 0 Å². The molecule has 1 aliphatic heterocycles. The van der Waals surface area contributed by atoms with E-state index >= 15 is 0 Å². The van der Waals surface area contributed by atoms with Gasteiger partial charge in [-0.2, -0.15) is 0 Å². The van der Waals surface area contributed by atoms with Crippen LogP contribution in [0.4, 0.5) is 4.39 Å². The van der Waals surface area contributed by atoms with Crippen LogP contribution in [0.2, 0.25) is 0 Å². The van der Waals surface area contributed by atoms with Gasteiger partial charge < -0.3 is 4.74 Å². The van der Waals surface area contributed by atoms with Gasteiger partial charge in [-0.25, -0.2) is 4.39 Å². The van der Waals surface area contributed by atoms with Gasteiger partial charge in [0.2, 0.25) is 0 Å².